The molecule has 0 rings (SSSR count). The van der Waals surface area contributed by atoms with Gasteiger partial charge in [-0.2, -0.15) is 0 Å². The average molecular weight is 1150 g/mol. The molecular weight excluding hydrogens is 1020 g/mol. The van der Waals surface area contributed by atoms with Gasteiger partial charge in [0.15, 0.2) is 6.10 Å². The lowest BCUT2D eigenvalue weighted by Crippen LogP contribution is -2.30. The van der Waals surface area contributed by atoms with Crippen molar-refractivity contribution in [2.75, 3.05) is 13.2 Å². The molecule has 0 bridgehead atoms. The van der Waals surface area contributed by atoms with Gasteiger partial charge in [-0.3, -0.25) is 14.4 Å². The molecule has 0 fully saturated rings. The second-order valence-electron chi connectivity index (χ2n) is 23.4. The van der Waals surface area contributed by atoms with Crippen molar-refractivity contribution in [2.45, 2.75) is 348 Å². The van der Waals surface area contributed by atoms with Gasteiger partial charge in [0, 0.05) is 19.3 Å². The Bertz CT molecular complexity index is 1660. The molecule has 0 aromatic heterocycles. The van der Waals surface area contributed by atoms with Gasteiger partial charge in [0.2, 0.25) is 0 Å². The van der Waals surface area contributed by atoms with Crippen LogP contribution in [0.15, 0.2) is 109 Å². The summed E-state index contributed by atoms with van der Waals surface area (Å²) in [5.41, 5.74) is 0. The minimum atomic E-state index is -0.789. The molecule has 476 valence electrons. The van der Waals surface area contributed by atoms with Crippen molar-refractivity contribution in [3.05, 3.63) is 109 Å². The van der Waals surface area contributed by atoms with Gasteiger partial charge in [-0.05, 0) is 128 Å². The highest BCUT2D eigenvalue weighted by atomic mass is 16.6. The summed E-state index contributed by atoms with van der Waals surface area (Å²) in [6.07, 6.45) is 96.7. The molecule has 0 saturated carbocycles. The standard InChI is InChI=1S/C77H132O6/c1-4-7-10-13-16-19-22-25-28-31-34-35-36-37-38-39-40-41-42-43-44-47-49-52-55-58-61-64-67-70-76(79)82-73-74(83-77(80)71-68-65-62-59-56-53-50-46-33-30-27-24-21-18-15-12-9-6-3)72-81-75(78)69-66-63-60-57-54-51-48-45-32-29-26-23-20-17-14-11-8-5-2/h7,10,16,19,21,24-25,28-30,32-35,37-38,40-41,74H,4-6,8-9,11-15,17-18,20,22-23,26-27,31,36,39,42-73H2,1-3H3/b10-7-,19-16-,24-21-,28-25-,32-29-,33-30-,35-34-,38-37-,41-40-. The molecule has 0 N–H and O–H groups in total. The van der Waals surface area contributed by atoms with Crippen molar-refractivity contribution in [3.63, 3.8) is 0 Å². The van der Waals surface area contributed by atoms with Crippen LogP contribution in [-0.2, 0) is 28.6 Å². The van der Waals surface area contributed by atoms with E-state index < -0.39 is 6.10 Å². The number of allylic oxidation sites excluding steroid dienone is 18. The van der Waals surface area contributed by atoms with Gasteiger partial charge in [0.1, 0.15) is 13.2 Å². The molecule has 1 unspecified atom stereocenters. The highest BCUT2D eigenvalue weighted by Gasteiger charge is 2.19. The van der Waals surface area contributed by atoms with Gasteiger partial charge in [-0.1, -0.05) is 304 Å². The maximum absolute atomic E-state index is 13.0. The second-order valence-corrected chi connectivity index (χ2v) is 23.4. The maximum Gasteiger partial charge on any atom is 0.306 e. The predicted molar refractivity (Wildman–Crippen MR) is 362 cm³/mol. The Morgan fingerprint density at radius 3 is 0.759 bits per heavy atom. The van der Waals surface area contributed by atoms with E-state index >= 15 is 0 Å². The van der Waals surface area contributed by atoms with Crippen LogP contribution in [-0.4, -0.2) is 37.2 Å². The molecule has 0 aliphatic heterocycles. The lowest BCUT2D eigenvalue weighted by Gasteiger charge is -2.18. The molecule has 0 aliphatic rings. The van der Waals surface area contributed by atoms with Crippen LogP contribution in [0.3, 0.4) is 0 Å². The first-order chi connectivity index (χ1) is 41.0. The molecule has 0 radical (unpaired) electrons. The lowest BCUT2D eigenvalue weighted by molar-refractivity contribution is -0.167. The maximum atomic E-state index is 13.0. The highest BCUT2D eigenvalue weighted by Crippen LogP contribution is 2.16. The van der Waals surface area contributed by atoms with E-state index in [1.807, 2.05) is 0 Å². The third kappa shape index (κ3) is 68.7. The topological polar surface area (TPSA) is 78.9 Å². The van der Waals surface area contributed by atoms with Gasteiger partial charge in [0.25, 0.3) is 0 Å². The second kappa shape index (κ2) is 70.6. The van der Waals surface area contributed by atoms with Crippen LogP contribution in [0, 0.1) is 0 Å². The first-order valence-corrected chi connectivity index (χ1v) is 35.4. The van der Waals surface area contributed by atoms with E-state index in [4.69, 9.17) is 14.2 Å². The van der Waals surface area contributed by atoms with Crippen LogP contribution in [0.25, 0.3) is 0 Å². The van der Waals surface area contributed by atoms with Crippen molar-refractivity contribution in [3.8, 4) is 0 Å². The summed E-state index contributed by atoms with van der Waals surface area (Å²) < 4.78 is 17.0. The smallest absolute Gasteiger partial charge is 0.306 e. The number of carbonyl (C=O) groups excluding carboxylic acids is 3. The van der Waals surface area contributed by atoms with Crippen molar-refractivity contribution in [1.29, 1.82) is 0 Å². The predicted octanol–water partition coefficient (Wildman–Crippen LogP) is 24.6. The highest BCUT2D eigenvalue weighted by molar-refractivity contribution is 5.71. The zero-order valence-corrected chi connectivity index (χ0v) is 54.7. The summed E-state index contributed by atoms with van der Waals surface area (Å²) in [6, 6.07) is 0. The molecule has 1 atom stereocenters. The SMILES string of the molecule is CC/C=C\C/C=C\C/C=C\C/C=C\C/C=C\C/C=C\CCCCCCCCCCCCC(=O)OCC(COC(=O)CCCCCCCCC/C=C\CCCCCCCCC)OC(=O)CCCCCCCCC/C=C\C/C=C\CCCCCC. The third-order valence-corrected chi connectivity index (χ3v) is 15.2. The summed E-state index contributed by atoms with van der Waals surface area (Å²) in [5.74, 6) is -0.886. The first kappa shape index (κ1) is 79.1. The van der Waals surface area contributed by atoms with E-state index in [1.165, 1.54) is 193 Å². The van der Waals surface area contributed by atoms with Crippen LogP contribution < -0.4 is 0 Å². The van der Waals surface area contributed by atoms with E-state index in [0.717, 1.165) is 109 Å². The fourth-order valence-electron chi connectivity index (χ4n) is 9.94. The number of esters is 3. The lowest BCUT2D eigenvalue weighted by atomic mass is 10.1. The fraction of sp³-hybridized carbons (Fsp3) is 0.727. The minimum Gasteiger partial charge on any atom is -0.462 e. The Balaban J connectivity index is 4.35. The summed E-state index contributed by atoms with van der Waals surface area (Å²) in [7, 11) is 0. The average Bonchev–Trinajstić information content (AvgIpc) is 3.49. The summed E-state index contributed by atoms with van der Waals surface area (Å²) in [4.78, 5) is 38.5. The number of carbonyl (C=O) groups is 3. The Kier molecular flexibility index (Phi) is 67.2. The zero-order chi connectivity index (χ0) is 59.9. The fourth-order valence-corrected chi connectivity index (χ4v) is 9.94. The van der Waals surface area contributed by atoms with E-state index in [2.05, 4.69) is 130 Å². The molecule has 6 heteroatoms. The van der Waals surface area contributed by atoms with Gasteiger partial charge in [-0.15, -0.1) is 0 Å². The largest absolute Gasteiger partial charge is 0.462 e. The normalized spacial score (nSPS) is 12.8. The van der Waals surface area contributed by atoms with Crippen LogP contribution in [0.4, 0.5) is 0 Å². The van der Waals surface area contributed by atoms with Crippen LogP contribution >= 0.6 is 0 Å². The molecule has 0 aromatic rings. The number of hydrogen-bond donors (Lipinski definition) is 0. The Morgan fingerprint density at radius 2 is 0.470 bits per heavy atom. The summed E-state index contributed by atoms with van der Waals surface area (Å²) in [5, 5.41) is 0. The van der Waals surface area contributed by atoms with Crippen molar-refractivity contribution < 1.29 is 28.6 Å². The number of unbranched alkanes of at least 4 members (excludes halogenated alkanes) is 35. The minimum absolute atomic E-state index is 0.0835. The number of hydrogen-bond acceptors (Lipinski definition) is 6. The van der Waals surface area contributed by atoms with Gasteiger partial charge >= 0.3 is 17.9 Å². The summed E-state index contributed by atoms with van der Waals surface area (Å²) >= 11 is 0. The van der Waals surface area contributed by atoms with Crippen LogP contribution in [0.5, 0.6) is 0 Å². The molecule has 0 aromatic carbocycles. The molecule has 0 heterocycles. The number of rotatable bonds is 64. The molecule has 0 spiro atoms. The Morgan fingerprint density at radius 1 is 0.253 bits per heavy atom. The zero-order valence-electron chi connectivity index (χ0n) is 54.7. The Hall–Kier alpha value is -3.93. The van der Waals surface area contributed by atoms with Crippen molar-refractivity contribution in [2.24, 2.45) is 0 Å². The van der Waals surface area contributed by atoms with Gasteiger partial charge < -0.3 is 14.2 Å². The van der Waals surface area contributed by atoms with E-state index in [9.17, 15) is 14.4 Å². The van der Waals surface area contributed by atoms with Crippen molar-refractivity contribution in [1.82, 2.24) is 0 Å². The molecule has 0 saturated heterocycles. The molecule has 0 aliphatic carbocycles. The van der Waals surface area contributed by atoms with Gasteiger partial charge in [-0.25, -0.2) is 0 Å². The molecule has 0 amide bonds. The molecular formula is C77H132O6. The van der Waals surface area contributed by atoms with E-state index in [-0.39, 0.29) is 31.1 Å². The van der Waals surface area contributed by atoms with E-state index in [0.29, 0.717) is 19.3 Å². The number of ether oxygens (including phenoxy) is 3. The van der Waals surface area contributed by atoms with Crippen LogP contribution in [0.1, 0.15) is 342 Å². The van der Waals surface area contributed by atoms with Gasteiger partial charge in [0.05, 0.1) is 0 Å². The van der Waals surface area contributed by atoms with Crippen molar-refractivity contribution >= 4 is 17.9 Å². The quantitative estimate of drug-likeness (QED) is 0.0261. The third-order valence-electron chi connectivity index (χ3n) is 15.2. The molecule has 83 heavy (non-hydrogen) atoms. The summed E-state index contributed by atoms with van der Waals surface area (Å²) in [6.45, 7) is 6.53. The molecule has 6 nitrogen and oxygen atoms in total. The van der Waals surface area contributed by atoms with Crippen LogP contribution in [0.2, 0.25) is 0 Å². The van der Waals surface area contributed by atoms with E-state index in [1.54, 1.807) is 0 Å². The monoisotopic (exact) mass is 1150 g/mol. The Labute approximate surface area is 514 Å². The first-order valence-electron chi connectivity index (χ1n) is 35.4.